The summed E-state index contributed by atoms with van der Waals surface area (Å²) >= 11 is 3.51. The fraction of sp³-hybridized carbons (Fsp3) is 0.500. The van der Waals surface area contributed by atoms with Crippen LogP contribution in [0.1, 0.15) is 23.1 Å². The third-order valence-corrected chi connectivity index (χ3v) is 4.19. The molecule has 78 valence electrons. The monoisotopic (exact) mass is 230 g/mol. The topological polar surface area (TPSA) is 37.3 Å². The number of thioether (sulfide) groups is 1. The van der Waals surface area contributed by atoms with E-state index in [0.717, 1.165) is 12.2 Å². The molecule has 14 heavy (non-hydrogen) atoms. The Hall–Kier alpha value is -0.480. The van der Waals surface area contributed by atoms with Crippen molar-refractivity contribution < 1.29 is 9.90 Å². The standard InChI is InChI=1S/C10H14O2S2/c1-2-8-3-4-9(14-8)7-13-6-5-10(11)12/h3-4H,2,5-7H2,1H3,(H,11,12). The van der Waals surface area contributed by atoms with Crippen molar-refractivity contribution in [3.05, 3.63) is 21.9 Å². The van der Waals surface area contributed by atoms with E-state index in [4.69, 9.17) is 5.11 Å². The van der Waals surface area contributed by atoms with Crippen molar-refractivity contribution in [1.82, 2.24) is 0 Å². The fourth-order valence-electron chi connectivity index (χ4n) is 1.02. The van der Waals surface area contributed by atoms with Crippen molar-refractivity contribution in [2.75, 3.05) is 5.75 Å². The van der Waals surface area contributed by atoms with Gasteiger partial charge >= 0.3 is 5.97 Å². The normalized spacial score (nSPS) is 10.4. The average molecular weight is 230 g/mol. The van der Waals surface area contributed by atoms with Gasteiger partial charge in [-0.1, -0.05) is 6.92 Å². The Labute approximate surface area is 92.3 Å². The zero-order valence-corrected chi connectivity index (χ0v) is 9.79. The highest BCUT2D eigenvalue weighted by atomic mass is 32.2. The lowest BCUT2D eigenvalue weighted by Crippen LogP contribution is -1.95. The zero-order chi connectivity index (χ0) is 10.4. The van der Waals surface area contributed by atoms with Gasteiger partial charge < -0.3 is 5.11 Å². The number of thiophene rings is 1. The van der Waals surface area contributed by atoms with Crippen LogP contribution in [0.25, 0.3) is 0 Å². The van der Waals surface area contributed by atoms with Crippen LogP contribution in [0.15, 0.2) is 12.1 Å². The molecular weight excluding hydrogens is 216 g/mol. The lowest BCUT2D eigenvalue weighted by molar-refractivity contribution is -0.136. The number of aliphatic carboxylic acids is 1. The Balaban J connectivity index is 2.21. The van der Waals surface area contributed by atoms with Crippen molar-refractivity contribution in [1.29, 1.82) is 0 Å². The molecule has 0 aliphatic carbocycles. The molecule has 1 aromatic heterocycles. The first kappa shape index (κ1) is 11.6. The van der Waals surface area contributed by atoms with E-state index in [1.54, 1.807) is 11.8 Å². The summed E-state index contributed by atoms with van der Waals surface area (Å²) in [6.45, 7) is 2.15. The van der Waals surface area contributed by atoms with Crippen molar-refractivity contribution in [2.24, 2.45) is 0 Å². The molecular formula is C10H14O2S2. The molecule has 0 saturated heterocycles. The van der Waals surface area contributed by atoms with E-state index < -0.39 is 5.97 Å². The minimum Gasteiger partial charge on any atom is -0.481 e. The molecule has 1 rings (SSSR count). The number of carboxylic acid groups (broad SMARTS) is 1. The molecule has 0 aromatic carbocycles. The van der Waals surface area contributed by atoms with Gasteiger partial charge in [-0.15, -0.1) is 11.3 Å². The van der Waals surface area contributed by atoms with E-state index in [9.17, 15) is 4.79 Å². The molecule has 2 nitrogen and oxygen atoms in total. The first-order valence-electron chi connectivity index (χ1n) is 4.59. The molecule has 0 fully saturated rings. The second kappa shape index (κ2) is 6.09. The highest BCUT2D eigenvalue weighted by Crippen LogP contribution is 2.22. The highest BCUT2D eigenvalue weighted by molar-refractivity contribution is 7.98. The van der Waals surface area contributed by atoms with Crippen molar-refractivity contribution in [2.45, 2.75) is 25.5 Å². The lowest BCUT2D eigenvalue weighted by atomic mass is 10.4. The van der Waals surface area contributed by atoms with Gasteiger partial charge in [-0.2, -0.15) is 11.8 Å². The van der Waals surface area contributed by atoms with Gasteiger partial charge in [0, 0.05) is 21.3 Å². The van der Waals surface area contributed by atoms with E-state index in [1.807, 2.05) is 11.3 Å². The second-order valence-electron chi connectivity index (χ2n) is 2.92. The van der Waals surface area contributed by atoms with Crippen LogP contribution in [0.4, 0.5) is 0 Å². The van der Waals surface area contributed by atoms with E-state index >= 15 is 0 Å². The third-order valence-electron chi connectivity index (χ3n) is 1.77. The molecule has 0 aliphatic rings. The minimum absolute atomic E-state index is 0.261. The first-order valence-corrected chi connectivity index (χ1v) is 6.56. The third kappa shape index (κ3) is 4.15. The largest absolute Gasteiger partial charge is 0.481 e. The predicted octanol–water partition coefficient (Wildman–Crippen LogP) is 3.02. The Morgan fingerprint density at radius 3 is 2.79 bits per heavy atom. The summed E-state index contributed by atoms with van der Waals surface area (Å²) < 4.78 is 0. The lowest BCUT2D eigenvalue weighted by Gasteiger charge is -1.95. The van der Waals surface area contributed by atoms with Crippen molar-refractivity contribution >= 4 is 29.1 Å². The molecule has 1 N–H and O–H groups in total. The van der Waals surface area contributed by atoms with Gasteiger partial charge in [-0.25, -0.2) is 0 Å². The molecule has 0 atom stereocenters. The van der Waals surface area contributed by atoms with E-state index in [-0.39, 0.29) is 6.42 Å². The summed E-state index contributed by atoms with van der Waals surface area (Å²) in [5.41, 5.74) is 0. The van der Waals surface area contributed by atoms with Gasteiger partial charge in [-0.3, -0.25) is 4.79 Å². The molecule has 0 radical (unpaired) electrons. The maximum atomic E-state index is 10.3. The number of hydrogen-bond donors (Lipinski definition) is 1. The number of rotatable bonds is 6. The van der Waals surface area contributed by atoms with Crippen LogP contribution in [-0.2, 0) is 17.0 Å². The van der Waals surface area contributed by atoms with E-state index in [2.05, 4.69) is 19.1 Å². The van der Waals surface area contributed by atoms with Gasteiger partial charge in [0.15, 0.2) is 0 Å². The smallest absolute Gasteiger partial charge is 0.304 e. The van der Waals surface area contributed by atoms with Gasteiger partial charge in [-0.05, 0) is 18.6 Å². The predicted molar refractivity (Wildman–Crippen MR) is 62.1 cm³/mol. The Bertz CT molecular complexity index is 294. The summed E-state index contributed by atoms with van der Waals surface area (Å²) in [6, 6.07) is 4.29. The Kier molecular flexibility index (Phi) is 5.04. The van der Waals surface area contributed by atoms with Crippen LogP contribution in [0.2, 0.25) is 0 Å². The van der Waals surface area contributed by atoms with E-state index in [1.165, 1.54) is 9.75 Å². The van der Waals surface area contributed by atoms with Gasteiger partial charge in [0.1, 0.15) is 0 Å². The van der Waals surface area contributed by atoms with E-state index in [0.29, 0.717) is 5.75 Å². The molecule has 0 amide bonds. The van der Waals surface area contributed by atoms with Gasteiger partial charge in [0.25, 0.3) is 0 Å². The van der Waals surface area contributed by atoms with Crippen LogP contribution < -0.4 is 0 Å². The maximum absolute atomic E-state index is 10.3. The average Bonchev–Trinajstić information content (AvgIpc) is 2.60. The molecule has 0 aliphatic heterocycles. The van der Waals surface area contributed by atoms with Crippen LogP contribution in [0, 0.1) is 0 Å². The summed E-state index contributed by atoms with van der Waals surface area (Å²) in [4.78, 5) is 13.0. The SMILES string of the molecule is CCc1ccc(CSCCC(=O)O)s1. The number of carboxylic acids is 1. The quantitative estimate of drug-likeness (QED) is 0.763. The zero-order valence-electron chi connectivity index (χ0n) is 8.16. The minimum atomic E-state index is -0.710. The van der Waals surface area contributed by atoms with Gasteiger partial charge in [0.2, 0.25) is 0 Å². The molecule has 0 unspecified atom stereocenters. The first-order chi connectivity index (χ1) is 6.72. The fourth-order valence-corrected chi connectivity index (χ4v) is 3.02. The molecule has 0 spiro atoms. The maximum Gasteiger partial charge on any atom is 0.304 e. The second-order valence-corrected chi connectivity index (χ2v) is 5.28. The molecule has 4 heteroatoms. The molecule has 0 bridgehead atoms. The summed E-state index contributed by atoms with van der Waals surface area (Å²) in [6.07, 6.45) is 1.35. The van der Waals surface area contributed by atoms with Crippen LogP contribution in [0.3, 0.4) is 0 Å². The van der Waals surface area contributed by atoms with Crippen LogP contribution >= 0.6 is 23.1 Å². The summed E-state index contributed by atoms with van der Waals surface area (Å²) in [5, 5.41) is 8.44. The molecule has 1 aromatic rings. The van der Waals surface area contributed by atoms with Crippen molar-refractivity contribution in [3.8, 4) is 0 Å². The number of hydrogen-bond acceptors (Lipinski definition) is 3. The molecule has 0 saturated carbocycles. The number of carbonyl (C=O) groups is 1. The summed E-state index contributed by atoms with van der Waals surface area (Å²) in [7, 11) is 0. The summed E-state index contributed by atoms with van der Waals surface area (Å²) in [5.74, 6) is 0.935. The van der Waals surface area contributed by atoms with Crippen molar-refractivity contribution in [3.63, 3.8) is 0 Å². The van der Waals surface area contributed by atoms with Crippen LogP contribution in [-0.4, -0.2) is 16.8 Å². The molecule has 1 heterocycles. The number of aryl methyl sites for hydroxylation is 1. The van der Waals surface area contributed by atoms with Crippen LogP contribution in [0.5, 0.6) is 0 Å². The Morgan fingerprint density at radius 1 is 1.50 bits per heavy atom. The van der Waals surface area contributed by atoms with Gasteiger partial charge in [0.05, 0.1) is 6.42 Å². The Morgan fingerprint density at radius 2 is 2.21 bits per heavy atom. The highest BCUT2D eigenvalue weighted by Gasteiger charge is 2.00.